The zero-order chi connectivity index (χ0) is 25.1. The molecule has 0 unspecified atom stereocenters. The lowest BCUT2D eigenvalue weighted by Gasteiger charge is -2.12. The average molecular weight is 474 g/mol. The summed E-state index contributed by atoms with van der Waals surface area (Å²) < 4.78 is 11.2. The Morgan fingerprint density at radius 1 is 0.588 bits per heavy atom. The molecule has 2 aromatic rings. The number of ether oxygens (including phenoxy) is 2. The third-order valence-electron chi connectivity index (χ3n) is 4.99. The first-order valence-corrected chi connectivity index (χ1v) is 10.5. The molecule has 0 amide bonds. The number of carboxylic acids is 4. The lowest BCUT2D eigenvalue weighted by molar-refractivity contribution is -0.145. The summed E-state index contributed by atoms with van der Waals surface area (Å²) in [4.78, 5) is 44.2. The first-order chi connectivity index (χ1) is 16.2. The van der Waals surface area contributed by atoms with Gasteiger partial charge in [-0.05, 0) is 48.2 Å². The van der Waals surface area contributed by atoms with Crippen LogP contribution < -0.4 is 9.47 Å². The molecule has 34 heavy (non-hydrogen) atoms. The predicted molar refractivity (Wildman–Crippen MR) is 118 cm³/mol. The van der Waals surface area contributed by atoms with Gasteiger partial charge in [-0.15, -0.1) is 0 Å². The van der Waals surface area contributed by atoms with Crippen molar-refractivity contribution in [3.05, 3.63) is 59.7 Å². The Morgan fingerprint density at radius 2 is 0.912 bits per heavy atom. The third-order valence-corrected chi connectivity index (χ3v) is 4.99. The molecule has 2 atom stereocenters. The summed E-state index contributed by atoms with van der Waals surface area (Å²) in [7, 11) is 0. The van der Waals surface area contributed by atoms with Gasteiger partial charge in [-0.1, -0.05) is 24.3 Å². The van der Waals surface area contributed by atoms with Gasteiger partial charge in [-0.3, -0.25) is 19.2 Å². The number of unbranched alkanes of at least 4 members (excludes halogenated alkanes) is 1. The van der Waals surface area contributed by atoms with E-state index in [2.05, 4.69) is 0 Å². The van der Waals surface area contributed by atoms with Gasteiger partial charge in [-0.2, -0.15) is 0 Å². The highest BCUT2D eigenvalue weighted by Gasteiger charge is 2.24. The summed E-state index contributed by atoms with van der Waals surface area (Å²) in [6, 6.07) is 12.5. The third kappa shape index (κ3) is 8.45. The summed E-state index contributed by atoms with van der Waals surface area (Å²) in [5.41, 5.74) is 0.776. The minimum absolute atomic E-state index is 0.388. The van der Waals surface area contributed by atoms with Gasteiger partial charge in [0.15, 0.2) is 0 Å². The molecule has 0 fully saturated rings. The molecule has 0 aromatic heterocycles. The molecule has 0 aliphatic rings. The van der Waals surface area contributed by atoms with Crippen molar-refractivity contribution in [1.82, 2.24) is 0 Å². The second-order valence-electron chi connectivity index (χ2n) is 7.52. The van der Waals surface area contributed by atoms with Gasteiger partial charge < -0.3 is 29.9 Å². The molecule has 0 saturated heterocycles. The van der Waals surface area contributed by atoms with Gasteiger partial charge >= 0.3 is 23.9 Å². The standard InChI is InChI=1S/C24H26O10/c25-21(26)13-19(23(29)30)15-3-7-17(8-4-15)33-11-1-2-12-34-18-9-5-16(6-10-18)20(24(31)32)14-22(27)28/h3-10,19-20H,1-2,11-14H2,(H,25,26)(H,27,28)(H,29,30)(H,31,32)/t19-,20+. The van der Waals surface area contributed by atoms with Crippen LogP contribution in [0, 0.1) is 0 Å². The van der Waals surface area contributed by atoms with E-state index in [1.54, 1.807) is 24.3 Å². The molecule has 0 saturated carbocycles. The minimum Gasteiger partial charge on any atom is -0.494 e. The number of hydrogen-bond acceptors (Lipinski definition) is 6. The van der Waals surface area contributed by atoms with E-state index in [1.807, 2.05) is 0 Å². The van der Waals surface area contributed by atoms with E-state index in [0.717, 1.165) is 0 Å². The summed E-state index contributed by atoms with van der Waals surface area (Å²) >= 11 is 0. The Balaban J connectivity index is 1.73. The number of carbonyl (C=O) groups is 4. The molecule has 0 aliphatic carbocycles. The fourth-order valence-electron chi connectivity index (χ4n) is 3.22. The van der Waals surface area contributed by atoms with E-state index >= 15 is 0 Å². The molecular formula is C24H26O10. The molecule has 0 radical (unpaired) electrons. The van der Waals surface area contributed by atoms with Crippen molar-refractivity contribution in [2.75, 3.05) is 13.2 Å². The Morgan fingerprint density at radius 3 is 1.18 bits per heavy atom. The number of aliphatic carboxylic acids is 4. The second-order valence-corrected chi connectivity index (χ2v) is 7.52. The molecule has 0 bridgehead atoms. The average Bonchev–Trinajstić information content (AvgIpc) is 2.78. The van der Waals surface area contributed by atoms with E-state index < -0.39 is 48.6 Å². The quantitative estimate of drug-likeness (QED) is 0.281. The molecular weight excluding hydrogens is 448 g/mol. The molecule has 10 heteroatoms. The van der Waals surface area contributed by atoms with Crippen molar-refractivity contribution in [1.29, 1.82) is 0 Å². The largest absolute Gasteiger partial charge is 0.494 e. The Bertz CT molecular complexity index is 900. The monoisotopic (exact) mass is 474 g/mol. The van der Waals surface area contributed by atoms with Crippen molar-refractivity contribution in [3.63, 3.8) is 0 Å². The summed E-state index contributed by atoms with van der Waals surface area (Å²) in [5.74, 6) is -5.94. The highest BCUT2D eigenvalue weighted by Crippen LogP contribution is 2.24. The van der Waals surface area contributed by atoms with Crippen LogP contribution in [0.5, 0.6) is 11.5 Å². The van der Waals surface area contributed by atoms with E-state index in [4.69, 9.17) is 19.7 Å². The molecule has 2 aromatic carbocycles. The van der Waals surface area contributed by atoms with Crippen molar-refractivity contribution >= 4 is 23.9 Å². The van der Waals surface area contributed by atoms with Crippen molar-refractivity contribution in [2.45, 2.75) is 37.5 Å². The van der Waals surface area contributed by atoms with Crippen LogP contribution in [0.25, 0.3) is 0 Å². The fourth-order valence-corrected chi connectivity index (χ4v) is 3.22. The Hall–Kier alpha value is -4.08. The smallest absolute Gasteiger partial charge is 0.311 e. The SMILES string of the molecule is O=C(O)C[C@H](C(=O)O)c1ccc(OCCCCOc2ccc([C@@H](CC(=O)O)C(=O)O)cc2)cc1. The number of rotatable bonds is 15. The maximum Gasteiger partial charge on any atom is 0.311 e. The second kappa shape index (κ2) is 12.8. The van der Waals surface area contributed by atoms with Crippen molar-refractivity contribution in [3.8, 4) is 11.5 Å². The lowest BCUT2D eigenvalue weighted by atomic mass is 9.96. The van der Waals surface area contributed by atoms with Crippen molar-refractivity contribution < 1.29 is 49.1 Å². The fraction of sp³-hybridized carbons (Fsp3) is 0.333. The van der Waals surface area contributed by atoms with E-state index in [-0.39, 0.29) is 0 Å². The molecule has 4 N–H and O–H groups in total. The maximum absolute atomic E-state index is 11.3. The van der Waals surface area contributed by atoms with E-state index in [9.17, 15) is 29.4 Å². The van der Waals surface area contributed by atoms with Gasteiger partial charge in [0.2, 0.25) is 0 Å². The van der Waals surface area contributed by atoms with Gasteiger partial charge in [0, 0.05) is 0 Å². The molecule has 10 nitrogen and oxygen atoms in total. The molecule has 0 spiro atoms. The van der Waals surface area contributed by atoms with Crippen LogP contribution in [-0.2, 0) is 19.2 Å². The van der Waals surface area contributed by atoms with Crippen LogP contribution in [0.4, 0.5) is 0 Å². The van der Waals surface area contributed by atoms with E-state index in [0.29, 0.717) is 48.7 Å². The van der Waals surface area contributed by atoms with Crippen LogP contribution in [0.15, 0.2) is 48.5 Å². The van der Waals surface area contributed by atoms with Gasteiger partial charge in [0.1, 0.15) is 11.5 Å². The summed E-state index contributed by atoms with van der Waals surface area (Å²) in [6.07, 6.45) is 0.355. The van der Waals surface area contributed by atoms with Gasteiger partial charge in [-0.25, -0.2) is 0 Å². The van der Waals surface area contributed by atoms with Gasteiger partial charge in [0.05, 0.1) is 37.9 Å². The van der Waals surface area contributed by atoms with Crippen LogP contribution in [0.3, 0.4) is 0 Å². The highest BCUT2D eigenvalue weighted by atomic mass is 16.5. The number of hydrogen-bond donors (Lipinski definition) is 4. The summed E-state index contributed by atoms with van der Waals surface area (Å²) in [6.45, 7) is 0.795. The first kappa shape index (κ1) is 26.2. The number of benzene rings is 2. The molecule has 182 valence electrons. The molecule has 0 aliphatic heterocycles. The van der Waals surface area contributed by atoms with Crippen molar-refractivity contribution in [2.24, 2.45) is 0 Å². The summed E-state index contributed by atoms with van der Waals surface area (Å²) in [5, 5.41) is 36.1. The maximum atomic E-state index is 11.3. The topological polar surface area (TPSA) is 168 Å². The van der Waals surface area contributed by atoms with E-state index in [1.165, 1.54) is 24.3 Å². The van der Waals surface area contributed by atoms with Crippen LogP contribution in [-0.4, -0.2) is 57.5 Å². The normalized spacial score (nSPS) is 12.4. The zero-order valence-corrected chi connectivity index (χ0v) is 18.3. The lowest BCUT2D eigenvalue weighted by Crippen LogP contribution is -2.15. The number of carboxylic acid groups (broad SMARTS) is 4. The first-order valence-electron chi connectivity index (χ1n) is 10.5. The predicted octanol–water partition coefficient (Wildman–Crippen LogP) is 3.21. The Kier molecular flexibility index (Phi) is 9.88. The Labute approximate surface area is 195 Å². The highest BCUT2D eigenvalue weighted by molar-refractivity contribution is 5.83. The minimum atomic E-state index is -1.20. The van der Waals surface area contributed by atoms with Gasteiger partial charge in [0.25, 0.3) is 0 Å². The van der Waals surface area contributed by atoms with Crippen LogP contribution in [0.2, 0.25) is 0 Å². The zero-order valence-electron chi connectivity index (χ0n) is 18.3. The van der Waals surface area contributed by atoms with Crippen LogP contribution >= 0.6 is 0 Å². The molecule has 0 heterocycles. The van der Waals surface area contributed by atoms with Crippen LogP contribution in [0.1, 0.15) is 48.6 Å². The molecule has 2 rings (SSSR count).